The van der Waals surface area contributed by atoms with Gasteiger partial charge in [-0.1, -0.05) is 6.92 Å². The lowest BCUT2D eigenvalue weighted by Crippen LogP contribution is -2.30. The first kappa shape index (κ1) is 11.1. The monoisotopic (exact) mass is 224 g/mol. The highest BCUT2D eigenvalue weighted by Gasteiger charge is 2.28. The number of aryl methyl sites for hydroxylation is 1. The van der Waals surface area contributed by atoms with Crippen molar-refractivity contribution in [2.45, 2.75) is 25.9 Å². The molecule has 1 saturated heterocycles. The Kier molecular flexibility index (Phi) is 3.19. The molecular weight excluding hydrogens is 208 g/mol. The molecule has 1 aliphatic rings. The number of nitrogens with zero attached hydrogens (tertiary/aromatic N) is 3. The molecule has 1 N–H and O–H groups in total. The van der Waals surface area contributed by atoms with Crippen LogP contribution in [0.5, 0.6) is 0 Å². The molecule has 1 amide bonds. The first-order valence-corrected chi connectivity index (χ1v) is 5.48. The average molecular weight is 224 g/mol. The Morgan fingerprint density at radius 2 is 2.50 bits per heavy atom. The lowest BCUT2D eigenvalue weighted by atomic mass is 10.3. The van der Waals surface area contributed by atoms with E-state index in [9.17, 15) is 4.79 Å². The molecule has 0 saturated carbocycles. The van der Waals surface area contributed by atoms with Crippen LogP contribution in [0.2, 0.25) is 0 Å². The van der Waals surface area contributed by atoms with Gasteiger partial charge in [-0.3, -0.25) is 9.89 Å². The predicted octanol–water partition coefficient (Wildman–Crippen LogP) is 0.228. The van der Waals surface area contributed by atoms with Crippen LogP contribution < -0.4 is 0 Å². The number of likely N-dealkylation sites (tertiary alicyclic amines) is 1. The second-order valence-electron chi connectivity index (χ2n) is 3.86. The topological polar surface area (TPSA) is 71.1 Å². The van der Waals surface area contributed by atoms with Crippen LogP contribution in [0, 0.1) is 0 Å². The van der Waals surface area contributed by atoms with Gasteiger partial charge in [0.05, 0.1) is 6.10 Å². The van der Waals surface area contributed by atoms with Crippen molar-refractivity contribution in [3.63, 3.8) is 0 Å². The Morgan fingerprint density at radius 3 is 3.06 bits per heavy atom. The van der Waals surface area contributed by atoms with Crippen molar-refractivity contribution in [3.8, 4) is 0 Å². The summed E-state index contributed by atoms with van der Waals surface area (Å²) in [5, 5.41) is 6.66. The second kappa shape index (κ2) is 4.61. The van der Waals surface area contributed by atoms with E-state index in [0.29, 0.717) is 13.1 Å². The Morgan fingerprint density at radius 1 is 1.69 bits per heavy atom. The predicted molar refractivity (Wildman–Crippen MR) is 57.1 cm³/mol. The van der Waals surface area contributed by atoms with Crippen LogP contribution in [0.4, 0.5) is 0 Å². The molecule has 2 heterocycles. The van der Waals surface area contributed by atoms with Crippen LogP contribution in [-0.4, -0.2) is 52.3 Å². The number of carbonyl (C=O) groups excluding carboxylic acids is 1. The summed E-state index contributed by atoms with van der Waals surface area (Å²) in [4.78, 5) is 17.8. The molecule has 0 bridgehead atoms. The molecule has 1 fully saturated rings. The Hall–Kier alpha value is -1.43. The molecule has 16 heavy (non-hydrogen) atoms. The highest BCUT2D eigenvalue weighted by molar-refractivity contribution is 5.90. The van der Waals surface area contributed by atoms with Gasteiger partial charge >= 0.3 is 0 Å². The van der Waals surface area contributed by atoms with E-state index >= 15 is 0 Å². The van der Waals surface area contributed by atoms with Crippen molar-refractivity contribution >= 4 is 5.91 Å². The van der Waals surface area contributed by atoms with Gasteiger partial charge in [-0.2, -0.15) is 0 Å². The van der Waals surface area contributed by atoms with Crippen LogP contribution in [0.25, 0.3) is 0 Å². The number of carbonyl (C=O) groups is 1. The van der Waals surface area contributed by atoms with Gasteiger partial charge in [0, 0.05) is 26.6 Å². The van der Waals surface area contributed by atoms with E-state index in [0.717, 1.165) is 18.7 Å². The number of H-pyrrole nitrogens is 1. The van der Waals surface area contributed by atoms with Crippen LogP contribution in [0.1, 0.15) is 29.8 Å². The molecule has 1 unspecified atom stereocenters. The van der Waals surface area contributed by atoms with Crippen LogP contribution in [0.15, 0.2) is 0 Å². The van der Waals surface area contributed by atoms with E-state index in [1.165, 1.54) is 0 Å². The van der Waals surface area contributed by atoms with E-state index in [4.69, 9.17) is 4.74 Å². The highest BCUT2D eigenvalue weighted by Crippen LogP contribution is 2.13. The maximum absolute atomic E-state index is 12.0. The number of nitrogens with one attached hydrogen (secondary N) is 1. The molecule has 1 aromatic rings. The van der Waals surface area contributed by atoms with Gasteiger partial charge in [-0.05, 0) is 6.42 Å². The molecule has 1 aromatic heterocycles. The zero-order chi connectivity index (χ0) is 11.5. The molecule has 0 spiro atoms. The SMILES string of the molecule is CCc1nc(C(=O)N2CCC(OC)C2)n[nH]1. The van der Waals surface area contributed by atoms with Gasteiger partial charge in [-0.15, -0.1) is 5.10 Å². The minimum absolute atomic E-state index is 0.115. The minimum atomic E-state index is -0.115. The average Bonchev–Trinajstić information content (AvgIpc) is 2.97. The summed E-state index contributed by atoms with van der Waals surface area (Å²) in [7, 11) is 1.67. The lowest BCUT2D eigenvalue weighted by molar-refractivity contribution is 0.0713. The van der Waals surface area contributed by atoms with Crippen molar-refractivity contribution in [1.82, 2.24) is 20.1 Å². The fourth-order valence-electron chi connectivity index (χ4n) is 1.80. The molecule has 0 aromatic carbocycles. The lowest BCUT2D eigenvalue weighted by Gasteiger charge is -2.13. The molecule has 1 atom stereocenters. The minimum Gasteiger partial charge on any atom is -0.380 e. The summed E-state index contributed by atoms with van der Waals surface area (Å²) in [5.74, 6) is 0.884. The van der Waals surface area contributed by atoms with E-state index in [1.54, 1.807) is 12.0 Å². The van der Waals surface area contributed by atoms with Gasteiger partial charge in [0.15, 0.2) is 0 Å². The molecule has 0 aliphatic carbocycles. The fourth-order valence-corrected chi connectivity index (χ4v) is 1.80. The summed E-state index contributed by atoms with van der Waals surface area (Å²) in [5.41, 5.74) is 0. The van der Waals surface area contributed by atoms with Crippen molar-refractivity contribution < 1.29 is 9.53 Å². The molecule has 0 radical (unpaired) electrons. The zero-order valence-corrected chi connectivity index (χ0v) is 9.56. The van der Waals surface area contributed by atoms with Crippen molar-refractivity contribution in [2.75, 3.05) is 20.2 Å². The van der Waals surface area contributed by atoms with Crippen molar-refractivity contribution in [2.24, 2.45) is 0 Å². The van der Waals surface area contributed by atoms with Gasteiger partial charge in [-0.25, -0.2) is 4.98 Å². The molecule has 6 nitrogen and oxygen atoms in total. The summed E-state index contributed by atoms with van der Waals surface area (Å²) in [6, 6.07) is 0. The number of aromatic amines is 1. The number of amides is 1. The van der Waals surface area contributed by atoms with Crippen LogP contribution in [0.3, 0.4) is 0 Å². The Labute approximate surface area is 94.0 Å². The number of aromatic nitrogens is 3. The molecular formula is C10H16N4O2. The molecule has 2 rings (SSSR count). The normalized spacial score (nSPS) is 20.4. The maximum atomic E-state index is 12.0. The van der Waals surface area contributed by atoms with Crippen molar-refractivity contribution in [1.29, 1.82) is 0 Å². The third kappa shape index (κ3) is 2.06. The first-order valence-electron chi connectivity index (χ1n) is 5.48. The number of ether oxygens (including phenoxy) is 1. The van der Waals surface area contributed by atoms with Gasteiger partial charge in [0.1, 0.15) is 5.82 Å². The third-order valence-corrected chi connectivity index (χ3v) is 2.82. The number of methoxy groups -OCH3 is 1. The van der Waals surface area contributed by atoms with E-state index in [-0.39, 0.29) is 17.8 Å². The summed E-state index contributed by atoms with van der Waals surface area (Å²) >= 11 is 0. The van der Waals surface area contributed by atoms with Gasteiger partial charge < -0.3 is 9.64 Å². The fraction of sp³-hybridized carbons (Fsp3) is 0.700. The number of hydrogen-bond donors (Lipinski definition) is 1. The number of hydrogen-bond acceptors (Lipinski definition) is 4. The third-order valence-electron chi connectivity index (χ3n) is 2.82. The van der Waals surface area contributed by atoms with E-state index in [2.05, 4.69) is 15.2 Å². The van der Waals surface area contributed by atoms with Crippen molar-refractivity contribution in [3.05, 3.63) is 11.6 Å². The number of rotatable bonds is 3. The molecule has 88 valence electrons. The second-order valence-corrected chi connectivity index (χ2v) is 3.86. The largest absolute Gasteiger partial charge is 0.380 e. The van der Waals surface area contributed by atoms with E-state index in [1.807, 2.05) is 6.92 Å². The first-order chi connectivity index (χ1) is 7.74. The summed E-state index contributed by atoms with van der Waals surface area (Å²) in [6.07, 6.45) is 1.78. The standard InChI is InChI=1S/C10H16N4O2/c1-3-8-11-9(13-12-8)10(15)14-5-4-7(6-14)16-2/h7H,3-6H2,1-2H3,(H,11,12,13). The smallest absolute Gasteiger partial charge is 0.293 e. The van der Waals surface area contributed by atoms with Gasteiger partial charge in [0.25, 0.3) is 5.91 Å². The Bertz CT molecular complexity index is 377. The molecule has 6 heteroatoms. The Balaban J connectivity index is 2.02. The molecule has 1 aliphatic heterocycles. The summed E-state index contributed by atoms with van der Waals surface area (Å²) < 4.78 is 5.21. The van der Waals surface area contributed by atoms with E-state index < -0.39 is 0 Å². The van der Waals surface area contributed by atoms with Crippen LogP contribution in [-0.2, 0) is 11.2 Å². The quantitative estimate of drug-likeness (QED) is 0.797. The van der Waals surface area contributed by atoms with Gasteiger partial charge in [0.2, 0.25) is 5.82 Å². The highest BCUT2D eigenvalue weighted by atomic mass is 16.5. The maximum Gasteiger partial charge on any atom is 0.293 e. The van der Waals surface area contributed by atoms with Crippen LogP contribution >= 0.6 is 0 Å². The summed E-state index contributed by atoms with van der Waals surface area (Å²) in [6.45, 7) is 3.31. The zero-order valence-electron chi connectivity index (χ0n) is 9.56.